The molecule has 0 saturated heterocycles. The van der Waals surface area contributed by atoms with E-state index in [-0.39, 0.29) is 22.5 Å². The van der Waals surface area contributed by atoms with Crippen LogP contribution < -0.4 is 25.2 Å². The highest BCUT2D eigenvalue weighted by atomic mass is 16.6. The number of carbonyl (C=O) groups excluding carboxylic acids is 1. The summed E-state index contributed by atoms with van der Waals surface area (Å²) in [6, 6.07) is 8.63. The third kappa shape index (κ3) is 5.97. The molecule has 0 unspecified atom stereocenters. The Bertz CT molecular complexity index is 1350. The predicted molar refractivity (Wildman–Crippen MR) is 137 cm³/mol. The van der Waals surface area contributed by atoms with Crippen LogP contribution in [0.3, 0.4) is 0 Å². The molecule has 0 fully saturated rings. The average molecular weight is 512 g/mol. The average Bonchev–Trinajstić information content (AvgIpc) is 3.18. The topological polar surface area (TPSA) is 150 Å². The van der Waals surface area contributed by atoms with E-state index in [2.05, 4.69) is 15.6 Å². The lowest BCUT2D eigenvalue weighted by molar-refractivity contribution is -0.384. The Morgan fingerprint density at radius 3 is 2.14 bits per heavy atom. The van der Waals surface area contributed by atoms with E-state index in [1.165, 1.54) is 28.9 Å². The maximum atomic E-state index is 13.1. The molecule has 0 bridgehead atoms. The van der Waals surface area contributed by atoms with E-state index in [9.17, 15) is 19.7 Å². The Labute approximate surface area is 213 Å². The van der Waals surface area contributed by atoms with Gasteiger partial charge >= 0.3 is 0 Å². The number of H-pyrrole nitrogens is 1. The van der Waals surface area contributed by atoms with Gasteiger partial charge in [0, 0.05) is 23.4 Å². The highest BCUT2D eigenvalue weighted by Crippen LogP contribution is 2.39. The first kappa shape index (κ1) is 27.0. The largest absolute Gasteiger partial charge is 0.490 e. The number of ether oxygens (including phenoxy) is 3. The van der Waals surface area contributed by atoms with Crippen LogP contribution in [0.15, 0.2) is 46.3 Å². The third-order valence-electron chi connectivity index (χ3n) is 5.25. The second kappa shape index (κ2) is 11.9. The van der Waals surface area contributed by atoms with Crippen LogP contribution in [0.1, 0.15) is 49.3 Å². The standard InChI is InChI=1S/C25H29N5O7/c1-6-35-20-13-17(14-21(36-7-2)23(20)37-8-3)24(31)27-26-15(4)22-16(5)28-29(25(22)32)18-9-11-19(12-10-18)30(33)34/h9-14,28H,6-8H2,1-5H3,(H,27,31)/b26-15+. The first-order valence-corrected chi connectivity index (χ1v) is 11.7. The summed E-state index contributed by atoms with van der Waals surface area (Å²) in [4.78, 5) is 36.4. The number of nitrogens with one attached hydrogen (secondary N) is 2. The first-order valence-electron chi connectivity index (χ1n) is 11.7. The Hall–Kier alpha value is -4.61. The zero-order valence-electron chi connectivity index (χ0n) is 21.3. The maximum Gasteiger partial charge on any atom is 0.280 e. The monoisotopic (exact) mass is 511 g/mol. The van der Waals surface area contributed by atoms with Gasteiger partial charge in [0.15, 0.2) is 11.5 Å². The zero-order chi connectivity index (χ0) is 27.1. The van der Waals surface area contributed by atoms with Gasteiger partial charge < -0.3 is 14.2 Å². The van der Waals surface area contributed by atoms with Gasteiger partial charge in [-0.2, -0.15) is 5.10 Å². The van der Waals surface area contributed by atoms with Gasteiger partial charge in [-0.25, -0.2) is 10.1 Å². The summed E-state index contributed by atoms with van der Waals surface area (Å²) in [7, 11) is 0. The fourth-order valence-electron chi connectivity index (χ4n) is 3.65. The van der Waals surface area contributed by atoms with E-state index >= 15 is 0 Å². The minimum Gasteiger partial charge on any atom is -0.490 e. The van der Waals surface area contributed by atoms with Crippen molar-refractivity contribution in [3.8, 4) is 22.9 Å². The Morgan fingerprint density at radius 1 is 1.05 bits per heavy atom. The molecular formula is C25H29N5O7. The number of aromatic nitrogens is 2. The van der Waals surface area contributed by atoms with Gasteiger partial charge in [-0.3, -0.25) is 24.8 Å². The molecule has 0 radical (unpaired) electrons. The van der Waals surface area contributed by atoms with Crippen molar-refractivity contribution < 1.29 is 23.9 Å². The van der Waals surface area contributed by atoms with Crippen molar-refractivity contribution in [2.45, 2.75) is 34.6 Å². The number of hydrogen-bond donors (Lipinski definition) is 2. The molecule has 0 aliphatic heterocycles. The molecule has 37 heavy (non-hydrogen) atoms. The number of carbonyl (C=O) groups is 1. The minimum atomic E-state index is -0.534. The van der Waals surface area contributed by atoms with Gasteiger partial charge in [0.1, 0.15) is 0 Å². The summed E-state index contributed by atoms with van der Waals surface area (Å²) >= 11 is 0. The fourth-order valence-corrected chi connectivity index (χ4v) is 3.65. The van der Waals surface area contributed by atoms with Crippen LogP contribution in [-0.2, 0) is 0 Å². The first-order chi connectivity index (χ1) is 17.7. The van der Waals surface area contributed by atoms with E-state index in [1.54, 1.807) is 26.0 Å². The molecule has 0 aliphatic rings. The van der Waals surface area contributed by atoms with Crippen LogP contribution in [0.5, 0.6) is 17.2 Å². The minimum absolute atomic E-state index is 0.0879. The van der Waals surface area contributed by atoms with Crippen LogP contribution in [0.2, 0.25) is 0 Å². The van der Waals surface area contributed by atoms with E-state index in [4.69, 9.17) is 14.2 Å². The SMILES string of the molecule is CCOc1cc(C(=O)N/N=C(\C)c2c(C)[nH]n(-c3ccc([N+](=O)[O-])cc3)c2=O)cc(OCC)c1OCC. The molecule has 12 heteroatoms. The van der Waals surface area contributed by atoms with Crippen LogP contribution in [0.4, 0.5) is 5.69 Å². The normalized spacial score (nSPS) is 11.2. The summed E-state index contributed by atoms with van der Waals surface area (Å²) < 4.78 is 18.2. The van der Waals surface area contributed by atoms with Gasteiger partial charge in [-0.15, -0.1) is 0 Å². The van der Waals surface area contributed by atoms with Gasteiger partial charge in [0.2, 0.25) is 5.75 Å². The number of hydrazone groups is 1. The fraction of sp³-hybridized carbons (Fsp3) is 0.320. The number of nitro benzene ring substituents is 1. The Morgan fingerprint density at radius 2 is 1.62 bits per heavy atom. The van der Waals surface area contributed by atoms with Crippen molar-refractivity contribution in [2.24, 2.45) is 5.10 Å². The van der Waals surface area contributed by atoms with Crippen LogP contribution in [0.25, 0.3) is 5.69 Å². The van der Waals surface area contributed by atoms with Crippen LogP contribution in [-0.4, -0.2) is 46.1 Å². The second-order valence-electron chi connectivity index (χ2n) is 7.76. The number of amides is 1. The molecular weight excluding hydrogens is 482 g/mol. The number of non-ortho nitro benzene ring substituents is 1. The molecule has 1 amide bonds. The van der Waals surface area contributed by atoms with Gasteiger partial charge in [0.25, 0.3) is 17.2 Å². The molecule has 0 spiro atoms. The molecule has 1 aromatic heterocycles. The number of aromatic amines is 1. The molecule has 3 rings (SSSR count). The maximum absolute atomic E-state index is 13.1. The van der Waals surface area contributed by atoms with Crippen molar-refractivity contribution in [3.05, 3.63) is 73.7 Å². The molecule has 2 aromatic carbocycles. The van der Waals surface area contributed by atoms with Gasteiger partial charge in [-0.1, -0.05) is 0 Å². The van der Waals surface area contributed by atoms with E-state index in [0.29, 0.717) is 48.5 Å². The quantitative estimate of drug-likeness (QED) is 0.226. The molecule has 196 valence electrons. The Kier molecular flexibility index (Phi) is 8.67. The van der Waals surface area contributed by atoms with E-state index in [0.717, 1.165) is 0 Å². The summed E-state index contributed by atoms with van der Waals surface area (Å²) in [6.07, 6.45) is 0. The summed E-state index contributed by atoms with van der Waals surface area (Å²) in [5, 5.41) is 18.0. The molecule has 1 heterocycles. The van der Waals surface area contributed by atoms with Crippen molar-refractivity contribution >= 4 is 17.3 Å². The van der Waals surface area contributed by atoms with Crippen molar-refractivity contribution in [2.75, 3.05) is 19.8 Å². The van der Waals surface area contributed by atoms with Crippen molar-refractivity contribution in [1.29, 1.82) is 0 Å². The van der Waals surface area contributed by atoms with Crippen molar-refractivity contribution in [1.82, 2.24) is 15.2 Å². The molecule has 3 aromatic rings. The zero-order valence-corrected chi connectivity index (χ0v) is 21.3. The number of nitro groups is 1. The second-order valence-corrected chi connectivity index (χ2v) is 7.76. The highest BCUT2D eigenvalue weighted by molar-refractivity contribution is 6.01. The van der Waals surface area contributed by atoms with Gasteiger partial charge in [-0.05, 0) is 58.9 Å². The summed E-state index contributed by atoms with van der Waals surface area (Å²) in [5.74, 6) is 0.618. The lowest BCUT2D eigenvalue weighted by Crippen LogP contribution is -2.23. The van der Waals surface area contributed by atoms with Crippen LogP contribution >= 0.6 is 0 Å². The van der Waals surface area contributed by atoms with Crippen molar-refractivity contribution in [3.63, 3.8) is 0 Å². The predicted octanol–water partition coefficient (Wildman–Crippen LogP) is 3.73. The Balaban J connectivity index is 1.89. The number of rotatable bonds is 11. The molecule has 12 nitrogen and oxygen atoms in total. The number of benzene rings is 2. The number of aryl methyl sites for hydroxylation is 1. The lowest BCUT2D eigenvalue weighted by Gasteiger charge is -2.16. The number of hydrogen-bond acceptors (Lipinski definition) is 8. The lowest BCUT2D eigenvalue weighted by atomic mass is 10.1. The molecule has 0 atom stereocenters. The van der Waals surface area contributed by atoms with E-state index < -0.39 is 16.4 Å². The number of nitrogens with zero attached hydrogens (tertiary/aromatic N) is 3. The van der Waals surface area contributed by atoms with Gasteiger partial charge in [0.05, 0.1) is 41.7 Å². The summed E-state index contributed by atoms with van der Waals surface area (Å²) in [6.45, 7) is 9.87. The van der Waals surface area contributed by atoms with E-state index in [1.807, 2.05) is 20.8 Å². The molecule has 0 aliphatic carbocycles. The molecule has 0 saturated carbocycles. The molecule has 2 N–H and O–H groups in total. The van der Waals surface area contributed by atoms with Crippen LogP contribution in [0, 0.1) is 17.0 Å². The summed E-state index contributed by atoms with van der Waals surface area (Å²) in [5.41, 5.74) is 3.67. The highest BCUT2D eigenvalue weighted by Gasteiger charge is 2.20. The smallest absolute Gasteiger partial charge is 0.280 e. The third-order valence-corrected chi connectivity index (χ3v) is 5.25.